The molecule has 2 amide bonds. The summed E-state index contributed by atoms with van der Waals surface area (Å²) in [4.78, 5) is 12.0. The number of sulfonamides is 1. The Kier molecular flexibility index (Phi) is 6.50. The van der Waals surface area contributed by atoms with E-state index in [1.54, 1.807) is 12.3 Å². The molecule has 158 valence electrons. The number of halogens is 1. The number of rotatable bonds is 6. The number of morpholine rings is 1. The molecule has 1 aliphatic heterocycles. The van der Waals surface area contributed by atoms with Crippen molar-refractivity contribution in [2.45, 2.75) is 26.1 Å². The number of carbonyl (C=O) groups excluding carboxylic acids is 1. The minimum absolute atomic E-state index is 0.0673. The van der Waals surface area contributed by atoms with Crippen LogP contribution in [0.1, 0.15) is 13.8 Å². The molecule has 3 rings (SSSR count). The highest BCUT2D eigenvalue weighted by Crippen LogP contribution is 2.18. The fraction of sp³-hybridized carbons (Fsp3) is 0.444. The van der Waals surface area contributed by atoms with Gasteiger partial charge in [-0.2, -0.15) is 9.40 Å². The van der Waals surface area contributed by atoms with Crippen molar-refractivity contribution in [3.05, 3.63) is 42.5 Å². The summed E-state index contributed by atoms with van der Waals surface area (Å²) in [5, 5.41) is 8.93. The van der Waals surface area contributed by atoms with Crippen LogP contribution in [-0.4, -0.2) is 66.1 Å². The summed E-state index contributed by atoms with van der Waals surface area (Å²) in [5.41, 5.74) is 0.496. The molecule has 2 unspecified atom stereocenters. The van der Waals surface area contributed by atoms with Gasteiger partial charge in [0.25, 0.3) is 0 Å². The Labute approximate surface area is 168 Å². The van der Waals surface area contributed by atoms with Gasteiger partial charge in [0.05, 0.1) is 18.0 Å². The molecule has 29 heavy (non-hydrogen) atoms. The third-order valence-corrected chi connectivity index (χ3v) is 6.19. The Balaban J connectivity index is 1.50. The van der Waals surface area contributed by atoms with Crippen molar-refractivity contribution in [3.63, 3.8) is 0 Å². The molecule has 2 aromatic rings. The van der Waals surface area contributed by atoms with E-state index in [-0.39, 0.29) is 35.9 Å². The molecule has 2 atom stereocenters. The molecule has 1 aromatic heterocycles. The number of aromatic nitrogens is 2. The van der Waals surface area contributed by atoms with Gasteiger partial charge in [0, 0.05) is 37.7 Å². The van der Waals surface area contributed by atoms with Crippen LogP contribution >= 0.6 is 0 Å². The molecule has 2 heterocycles. The third-order valence-electron chi connectivity index (χ3n) is 4.38. The maximum absolute atomic E-state index is 14.2. The molecule has 0 aliphatic carbocycles. The van der Waals surface area contributed by atoms with Crippen molar-refractivity contribution in [1.29, 1.82) is 0 Å². The standard InChI is InChI=1S/C18H24FN5O4S/c1-13-11-23(12-14(2)28-13)29(26,27)9-7-20-18(25)22-15-4-5-17(16(19)10-15)24-8-3-6-21-24/h3-6,8,10,13-14H,7,9,11-12H2,1-2H3,(H2,20,22,25). The zero-order chi connectivity index (χ0) is 21.0. The first-order valence-electron chi connectivity index (χ1n) is 9.22. The molecule has 1 aliphatic rings. The average Bonchev–Trinajstić information content (AvgIpc) is 3.15. The zero-order valence-corrected chi connectivity index (χ0v) is 17.0. The van der Waals surface area contributed by atoms with Crippen LogP contribution in [0.5, 0.6) is 0 Å². The summed E-state index contributed by atoms with van der Waals surface area (Å²) in [7, 11) is -3.51. The van der Waals surface area contributed by atoms with Crippen LogP contribution in [0.4, 0.5) is 14.9 Å². The lowest BCUT2D eigenvalue weighted by Crippen LogP contribution is -2.49. The fourth-order valence-corrected chi connectivity index (χ4v) is 4.63. The van der Waals surface area contributed by atoms with Gasteiger partial charge in [0.15, 0.2) is 5.82 Å². The first kappa shape index (κ1) is 21.2. The largest absolute Gasteiger partial charge is 0.373 e. The predicted molar refractivity (Wildman–Crippen MR) is 106 cm³/mol. The van der Waals surface area contributed by atoms with Crippen LogP contribution in [0.15, 0.2) is 36.7 Å². The first-order chi connectivity index (χ1) is 13.7. The van der Waals surface area contributed by atoms with Crippen molar-refractivity contribution < 1.29 is 22.3 Å². The van der Waals surface area contributed by atoms with E-state index in [0.717, 1.165) is 0 Å². The number of hydrogen-bond acceptors (Lipinski definition) is 5. The molecule has 9 nitrogen and oxygen atoms in total. The minimum atomic E-state index is -3.51. The molecule has 1 saturated heterocycles. The number of benzene rings is 1. The summed E-state index contributed by atoms with van der Waals surface area (Å²) < 4.78 is 47.4. The van der Waals surface area contributed by atoms with E-state index in [2.05, 4.69) is 15.7 Å². The van der Waals surface area contributed by atoms with Crippen LogP contribution < -0.4 is 10.6 Å². The van der Waals surface area contributed by atoms with Crippen LogP contribution in [0.25, 0.3) is 5.69 Å². The van der Waals surface area contributed by atoms with E-state index in [0.29, 0.717) is 13.1 Å². The molecule has 11 heteroatoms. The number of urea groups is 1. The van der Waals surface area contributed by atoms with E-state index in [9.17, 15) is 17.6 Å². The van der Waals surface area contributed by atoms with Crippen LogP contribution in [0.3, 0.4) is 0 Å². The Hall–Kier alpha value is -2.50. The van der Waals surface area contributed by atoms with Gasteiger partial charge in [-0.15, -0.1) is 0 Å². The number of nitrogens with one attached hydrogen (secondary N) is 2. The Morgan fingerprint density at radius 3 is 2.66 bits per heavy atom. The van der Waals surface area contributed by atoms with Gasteiger partial charge in [-0.05, 0) is 38.1 Å². The lowest BCUT2D eigenvalue weighted by atomic mass is 10.2. The number of hydrogen-bond donors (Lipinski definition) is 2. The van der Waals surface area contributed by atoms with Gasteiger partial charge in [-0.3, -0.25) is 0 Å². The topological polar surface area (TPSA) is 106 Å². The summed E-state index contributed by atoms with van der Waals surface area (Å²) in [5.74, 6) is -0.781. The van der Waals surface area contributed by atoms with Gasteiger partial charge >= 0.3 is 6.03 Å². The van der Waals surface area contributed by atoms with Crippen LogP contribution in [0.2, 0.25) is 0 Å². The number of carbonyl (C=O) groups is 1. The summed E-state index contributed by atoms with van der Waals surface area (Å²) in [6, 6.07) is 5.25. The number of anilines is 1. The minimum Gasteiger partial charge on any atom is -0.373 e. The lowest BCUT2D eigenvalue weighted by Gasteiger charge is -2.34. The van der Waals surface area contributed by atoms with E-state index < -0.39 is 21.9 Å². The van der Waals surface area contributed by atoms with Crippen molar-refractivity contribution >= 4 is 21.7 Å². The third kappa shape index (κ3) is 5.52. The van der Waals surface area contributed by atoms with Gasteiger partial charge < -0.3 is 15.4 Å². The lowest BCUT2D eigenvalue weighted by molar-refractivity contribution is -0.0440. The van der Waals surface area contributed by atoms with Crippen LogP contribution in [0, 0.1) is 5.82 Å². The molecule has 0 spiro atoms. The van der Waals surface area contributed by atoms with Crippen molar-refractivity contribution in [3.8, 4) is 5.69 Å². The number of ether oxygens (including phenoxy) is 1. The normalized spacial score (nSPS) is 20.4. The monoisotopic (exact) mass is 425 g/mol. The van der Waals surface area contributed by atoms with E-state index >= 15 is 0 Å². The van der Waals surface area contributed by atoms with Crippen molar-refractivity contribution in [2.75, 3.05) is 30.7 Å². The number of nitrogens with zero attached hydrogens (tertiary/aromatic N) is 3. The SMILES string of the molecule is CC1CN(S(=O)(=O)CCNC(=O)Nc2ccc(-n3cccn3)c(F)c2)CC(C)O1. The van der Waals surface area contributed by atoms with Gasteiger partial charge in [-0.1, -0.05) is 0 Å². The number of amides is 2. The highest BCUT2D eigenvalue weighted by Gasteiger charge is 2.30. The van der Waals surface area contributed by atoms with Crippen molar-refractivity contribution in [2.24, 2.45) is 0 Å². The summed E-state index contributed by atoms with van der Waals surface area (Å²) in [6.45, 7) is 4.16. The summed E-state index contributed by atoms with van der Waals surface area (Å²) >= 11 is 0. The second kappa shape index (κ2) is 8.89. The maximum atomic E-state index is 14.2. The van der Waals surface area contributed by atoms with Crippen LogP contribution in [-0.2, 0) is 14.8 Å². The first-order valence-corrected chi connectivity index (χ1v) is 10.8. The molecule has 0 bridgehead atoms. The molecule has 0 saturated carbocycles. The molecule has 2 N–H and O–H groups in total. The van der Waals surface area contributed by atoms with E-state index in [4.69, 9.17) is 4.74 Å². The summed E-state index contributed by atoms with van der Waals surface area (Å²) in [6.07, 6.45) is 2.79. The fourth-order valence-electron chi connectivity index (χ4n) is 3.14. The smallest absolute Gasteiger partial charge is 0.319 e. The zero-order valence-electron chi connectivity index (χ0n) is 16.2. The van der Waals surface area contributed by atoms with Gasteiger partial charge in [0.2, 0.25) is 10.0 Å². The quantitative estimate of drug-likeness (QED) is 0.731. The van der Waals surface area contributed by atoms with Crippen molar-refractivity contribution in [1.82, 2.24) is 19.4 Å². The molecular formula is C18H24FN5O4S. The molecule has 1 aromatic carbocycles. The van der Waals surface area contributed by atoms with E-state index in [1.807, 2.05) is 13.8 Å². The Morgan fingerprint density at radius 1 is 1.31 bits per heavy atom. The second-order valence-electron chi connectivity index (χ2n) is 6.89. The Bertz CT molecular complexity index is 941. The highest BCUT2D eigenvalue weighted by molar-refractivity contribution is 7.89. The van der Waals surface area contributed by atoms with Gasteiger partial charge in [-0.25, -0.2) is 22.3 Å². The highest BCUT2D eigenvalue weighted by atomic mass is 32.2. The average molecular weight is 425 g/mol. The second-order valence-corrected chi connectivity index (χ2v) is 8.98. The molecule has 1 fully saturated rings. The molecular weight excluding hydrogens is 401 g/mol. The molecule has 0 radical (unpaired) electrons. The van der Waals surface area contributed by atoms with E-state index in [1.165, 1.54) is 33.4 Å². The predicted octanol–water partition coefficient (Wildman–Crippen LogP) is 1.57. The Morgan fingerprint density at radius 2 is 2.03 bits per heavy atom. The maximum Gasteiger partial charge on any atom is 0.319 e. The van der Waals surface area contributed by atoms with Gasteiger partial charge in [0.1, 0.15) is 5.69 Å².